The molecule has 0 aliphatic heterocycles. The summed E-state index contributed by atoms with van der Waals surface area (Å²) in [6.07, 6.45) is 5.53. The number of halogens is 1. The van der Waals surface area contributed by atoms with E-state index in [1.165, 1.54) is 0 Å². The van der Waals surface area contributed by atoms with E-state index in [9.17, 15) is 4.55 Å². The number of aromatic nitrogens is 2. The SMILES string of the molecule is CC(C)(CCCCc1ccnc(Br)n1)[S+](N)[O-]. The fourth-order valence-corrected chi connectivity index (χ4v) is 2.16. The molecule has 17 heavy (non-hydrogen) atoms. The van der Waals surface area contributed by atoms with E-state index in [2.05, 4.69) is 25.9 Å². The van der Waals surface area contributed by atoms with Crippen molar-refractivity contribution in [2.75, 3.05) is 0 Å². The fraction of sp³-hybridized carbons (Fsp3) is 0.636. The lowest BCUT2D eigenvalue weighted by atomic mass is 10.0. The van der Waals surface area contributed by atoms with E-state index in [4.69, 9.17) is 5.14 Å². The first kappa shape index (κ1) is 14.9. The van der Waals surface area contributed by atoms with Gasteiger partial charge in [-0.2, -0.15) is 5.14 Å². The van der Waals surface area contributed by atoms with Gasteiger partial charge in [-0.25, -0.2) is 9.97 Å². The Morgan fingerprint density at radius 1 is 1.47 bits per heavy atom. The maximum Gasteiger partial charge on any atom is 0.196 e. The van der Waals surface area contributed by atoms with Gasteiger partial charge in [0.25, 0.3) is 0 Å². The highest BCUT2D eigenvalue weighted by Crippen LogP contribution is 2.21. The summed E-state index contributed by atoms with van der Waals surface area (Å²) in [7, 11) is 0. The molecule has 0 saturated carbocycles. The third-order valence-corrected chi connectivity index (χ3v) is 4.37. The van der Waals surface area contributed by atoms with Crippen LogP contribution in [0.1, 0.15) is 38.8 Å². The lowest BCUT2D eigenvalue weighted by Gasteiger charge is -2.23. The molecule has 4 nitrogen and oxygen atoms in total. The molecule has 2 N–H and O–H groups in total. The second-order valence-corrected chi connectivity index (χ2v) is 6.99. The zero-order valence-electron chi connectivity index (χ0n) is 10.1. The van der Waals surface area contributed by atoms with Crippen molar-refractivity contribution in [1.82, 2.24) is 9.97 Å². The average molecular weight is 320 g/mol. The van der Waals surface area contributed by atoms with Crippen LogP contribution in [0.2, 0.25) is 0 Å². The Kier molecular flexibility index (Phi) is 5.85. The first-order valence-electron chi connectivity index (χ1n) is 5.55. The highest BCUT2D eigenvalue weighted by atomic mass is 79.9. The Bertz CT molecular complexity index is 360. The van der Waals surface area contributed by atoms with E-state index in [0.29, 0.717) is 4.73 Å². The quantitative estimate of drug-likeness (QED) is 0.496. The maximum absolute atomic E-state index is 11.2. The van der Waals surface area contributed by atoms with Gasteiger partial charge in [0, 0.05) is 23.3 Å². The van der Waals surface area contributed by atoms with E-state index in [1.54, 1.807) is 6.20 Å². The topological polar surface area (TPSA) is 74.9 Å². The minimum atomic E-state index is -1.26. The second-order valence-electron chi connectivity index (χ2n) is 4.58. The standard InChI is InChI=1S/C11H18BrN3OS/c1-11(2,17(13)16)7-4-3-5-9-6-8-14-10(12)15-9/h6,8H,3-5,7,13H2,1-2H3. The molecule has 1 aromatic heterocycles. The van der Waals surface area contributed by atoms with Crippen molar-refractivity contribution < 1.29 is 4.55 Å². The number of nitrogens with zero attached hydrogens (tertiary/aromatic N) is 2. The Hall–Kier alpha value is -0.170. The summed E-state index contributed by atoms with van der Waals surface area (Å²) in [5.74, 6) is 0. The van der Waals surface area contributed by atoms with Crippen molar-refractivity contribution >= 4 is 27.3 Å². The largest absolute Gasteiger partial charge is 0.598 e. The summed E-state index contributed by atoms with van der Waals surface area (Å²) in [6.45, 7) is 3.87. The van der Waals surface area contributed by atoms with Gasteiger partial charge in [0.15, 0.2) is 4.73 Å². The molecule has 0 fully saturated rings. The summed E-state index contributed by atoms with van der Waals surface area (Å²) in [5.41, 5.74) is 1.03. The molecular formula is C11H18BrN3OS. The Labute approximate surface area is 114 Å². The van der Waals surface area contributed by atoms with Crippen LogP contribution in [0.25, 0.3) is 0 Å². The number of hydrogen-bond donors (Lipinski definition) is 1. The summed E-state index contributed by atoms with van der Waals surface area (Å²) in [4.78, 5) is 8.24. The Morgan fingerprint density at radius 3 is 2.76 bits per heavy atom. The van der Waals surface area contributed by atoms with Crippen LogP contribution in [-0.2, 0) is 17.8 Å². The molecule has 6 heteroatoms. The van der Waals surface area contributed by atoms with Crippen LogP contribution in [-0.4, -0.2) is 19.3 Å². The summed E-state index contributed by atoms with van der Waals surface area (Å²) in [6, 6.07) is 1.91. The van der Waals surface area contributed by atoms with E-state index < -0.39 is 11.4 Å². The second kappa shape index (κ2) is 6.68. The minimum Gasteiger partial charge on any atom is -0.598 e. The molecule has 0 aliphatic carbocycles. The van der Waals surface area contributed by atoms with Crippen LogP contribution in [0.5, 0.6) is 0 Å². The van der Waals surface area contributed by atoms with E-state index in [0.717, 1.165) is 31.4 Å². The first-order chi connectivity index (χ1) is 7.92. The van der Waals surface area contributed by atoms with Crippen LogP contribution < -0.4 is 5.14 Å². The van der Waals surface area contributed by atoms with Crippen molar-refractivity contribution in [2.45, 2.75) is 44.3 Å². The third kappa shape index (κ3) is 5.33. The van der Waals surface area contributed by atoms with Crippen molar-refractivity contribution in [3.8, 4) is 0 Å². The fourth-order valence-electron chi connectivity index (χ4n) is 1.47. The molecule has 1 atom stereocenters. The number of nitrogens with two attached hydrogens (primary N) is 1. The van der Waals surface area contributed by atoms with Crippen molar-refractivity contribution in [3.05, 3.63) is 22.7 Å². The van der Waals surface area contributed by atoms with Crippen LogP contribution in [0.3, 0.4) is 0 Å². The maximum atomic E-state index is 11.2. The third-order valence-electron chi connectivity index (χ3n) is 2.69. The van der Waals surface area contributed by atoms with Gasteiger partial charge in [-0.3, -0.25) is 0 Å². The molecule has 96 valence electrons. The number of rotatable bonds is 6. The van der Waals surface area contributed by atoms with Crippen LogP contribution in [0, 0.1) is 0 Å². The first-order valence-corrected chi connectivity index (χ1v) is 7.56. The van der Waals surface area contributed by atoms with Gasteiger partial charge in [-0.1, -0.05) is 0 Å². The highest BCUT2D eigenvalue weighted by molar-refractivity contribution is 9.10. The van der Waals surface area contributed by atoms with Crippen molar-refractivity contribution in [1.29, 1.82) is 0 Å². The minimum absolute atomic E-state index is 0.299. The predicted octanol–water partition coefficient (Wildman–Crippen LogP) is 2.35. The molecule has 0 spiro atoms. The zero-order chi connectivity index (χ0) is 12.9. The smallest absolute Gasteiger partial charge is 0.196 e. The monoisotopic (exact) mass is 319 g/mol. The van der Waals surface area contributed by atoms with Crippen LogP contribution >= 0.6 is 15.9 Å². The van der Waals surface area contributed by atoms with Crippen molar-refractivity contribution in [3.63, 3.8) is 0 Å². The molecule has 0 bridgehead atoms. The van der Waals surface area contributed by atoms with E-state index in [-0.39, 0.29) is 4.75 Å². The van der Waals surface area contributed by atoms with Gasteiger partial charge in [-0.05, 0) is 61.5 Å². The normalized spacial score (nSPS) is 13.7. The average Bonchev–Trinajstić information content (AvgIpc) is 2.24. The van der Waals surface area contributed by atoms with Gasteiger partial charge in [0.05, 0.1) is 0 Å². The lowest BCUT2D eigenvalue weighted by molar-refractivity contribution is 0.508. The predicted molar refractivity (Wildman–Crippen MR) is 73.7 cm³/mol. The molecule has 0 radical (unpaired) electrons. The molecule has 0 aliphatic rings. The van der Waals surface area contributed by atoms with Gasteiger partial charge in [-0.15, -0.1) is 0 Å². The summed E-state index contributed by atoms with van der Waals surface area (Å²) >= 11 is 1.98. The molecule has 0 saturated heterocycles. The van der Waals surface area contributed by atoms with Crippen molar-refractivity contribution in [2.24, 2.45) is 5.14 Å². The number of hydrogen-bond acceptors (Lipinski definition) is 4. The number of unbranched alkanes of at least 4 members (excludes halogenated alkanes) is 1. The zero-order valence-corrected chi connectivity index (χ0v) is 12.6. The lowest BCUT2D eigenvalue weighted by Crippen LogP contribution is -2.37. The Morgan fingerprint density at radius 2 is 2.18 bits per heavy atom. The van der Waals surface area contributed by atoms with E-state index >= 15 is 0 Å². The van der Waals surface area contributed by atoms with Gasteiger partial charge >= 0.3 is 0 Å². The van der Waals surface area contributed by atoms with Gasteiger partial charge < -0.3 is 4.55 Å². The van der Waals surface area contributed by atoms with Crippen LogP contribution in [0.15, 0.2) is 17.0 Å². The molecule has 0 aromatic carbocycles. The summed E-state index contributed by atoms with van der Waals surface area (Å²) < 4.78 is 11.6. The van der Waals surface area contributed by atoms with Crippen LogP contribution in [0.4, 0.5) is 0 Å². The molecule has 0 amide bonds. The molecular weight excluding hydrogens is 302 g/mol. The molecule has 1 heterocycles. The molecule has 1 aromatic rings. The Balaban J connectivity index is 2.29. The molecule has 1 rings (SSSR count). The summed E-state index contributed by atoms with van der Waals surface area (Å²) in [5, 5.41) is 5.43. The van der Waals surface area contributed by atoms with Gasteiger partial charge in [0.1, 0.15) is 4.75 Å². The number of aryl methyl sites for hydroxylation is 1. The molecule has 1 unspecified atom stereocenters. The van der Waals surface area contributed by atoms with Gasteiger partial charge in [0.2, 0.25) is 0 Å². The van der Waals surface area contributed by atoms with E-state index in [1.807, 2.05) is 19.9 Å². The highest BCUT2D eigenvalue weighted by Gasteiger charge is 2.28.